The first-order chi connectivity index (χ1) is 7.50. The summed E-state index contributed by atoms with van der Waals surface area (Å²) in [5, 5.41) is 0.779. The fraction of sp³-hybridized carbons (Fsp3) is 0.167. The van der Waals surface area contributed by atoms with E-state index in [1.807, 2.05) is 0 Å². The Bertz CT molecular complexity index is 640. The number of halogens is 1. The summed E-state index contributed by atoms with van der Waals surface area (Å²) in [6.45, 7) is 2.95. The Balaban J connectivity index is 2.96. The van der Waals surface area contributed by atoms with Gasteiger partial charge in [0.2, 0.25) is 5.43 Å². The van der Waals surface area contributed by atoms with Crippen molar-refractivity contribution in [1.29, 1.82) is 0 Å². The van der Waals surface area contributed by atoms with Crippen molar-refractivity contribution in [3.8, 4) is 0 Å². The average Bonchev–Trinajstić information content (AvgIpc) is 2.19. The van der Waals surface area contributed by atoms with Crippen LogP contribution in [-0.4, -0.2) is 5.78 Å². The molecule has 1 aromatic carbocycles. The molecule has 0 unspecified atom stereocenters. The van der Waals surface area contributed by atoms with Crippen molar-refractivity contribution in [2.45, 2.75) is 13.8 Å². The zero-order chi connectivity index (χ0) is 11.9. The van der Waals surface area contributed by atoms with E-state index in [1.54, 1.807) is 19.1 Å². The Morgan fingerprint density at radius 2 is 2.06 bits per heavy atom. The molecule has 1 aromatic heterocycles. The van der Waals surface area contributed by atoms with Crippen LogP contribution < -0.4 is 5.43 Å². The van der Waals surface area contributed by atoms with Crippen LogP contribution in [-0.2, 0) is 0 Å². The van der Waals surface area contributed by atoms with E-state index in [1.165, 1.54) is 13.0 Å². The molecule has 0 radical (unpaired) electrons. The summed E-state index contributed by atoms with van der Waals surface area (Å²) < 4.78 is 5.41. The van der Waals surface area contributed by atoms with Gasteiger partial charge in [0, 0.05) is 5.02 Å². The molecule has 3 nitrogen and oxygen atoms in total. The summed E-state index contributed by atoms with van der Waals surface area (Å²) in [6.07, 6.45) is 0. The predicted octanol–water partition coefficient (Wildman–Crippen LogP) is 2.96. The van der Waals surface area contributed by atoms with E-state index in [2.05, 4.69) is 0 Å². The molecule has 0 amide bonds. The molecule has 2 rings (SSSR count). The molecule has 0 bridgehead atoms. The van der Waals surface area contributed by atoms with Gasteiger partial charge in [0.1, 0.15) is 16.9 Å². The van der Waals surface area contributed by atoms with Crippen LogP contribution in [0.15, 0.2) is 27.4 Å². The van der Waals surface area contributed by atoms with E-state index >= 15 is 0 Å². The van der Waals surface area contributed by atoms with Crippen molar-refractivity contribution in [3.63, 3.8) is 0 Å². The SMILES string of the molecule is CC(=O)c1c(C)oc2ccc(Cl)cc2c1=O. The summed E-state index contributed by atoms with van der Waals surface area (Å²) in [7, 11) is 0. The molecule has 82 valence electrons. The summed E-state index contributed by atoms with van der Waals surface area (Å²) in [5.74, 6) is 0.0421. The molecule has 0 aliphatic heterocycles. The standard InChI is InChI=1S/C12H9ClO3/c1-6(14)11-7(2)16-10-4-3-8(13)5-9(10)12(11)15/h3-5H,1-2H3. The van der Waals surface area contributed by atoms with Crippen LogP contribution in [0.1, 0.15) is 23.0 Å². The second-order valence-electron chi connectivity index (χ2n) is 3.56. The van der Waals surface area contributed by atoms with E-state index in [-0.39, 0.29) is 16.8 Å². The first-order valence-corrected chi connectivity index (χ1v) is 5.12. The number of fused-ring (bicyclic) bond motifs is 1. The number of ketones is 1. The summed E-state index contributed by atoms with van der Waals surface area (Å²) >= 11 is 5.80. The van der Waals surface area contributed by atoms with Gasteiger partial charge in [0.15, 0.2) is 5.78 Å². The maximum absolute atomic E-state index is 12.0. The first kappa shape index (κ1) is 10.9. The molecule has 4 heteroatoms. The van der Waals surface area contributed by atoms with Gasteiger partial charge in [-0.1, -0.05) is 11.6 Å². The lowest BCUT2D eigenvalue weighted by atomic mass is 10.1. The topological polar surface area (TPSA) is 47.3 Å². The second-order valence-corrected chi connectivity index (χ2v) is 4.00. The number of hydrogen-bond acceptors (Lipinski definition) is 3. The molecule has 0 fully saturated rings. The minimum atomic E-state index is -0.325. The zero-order valence-electron chi connectivity index (χ0n) is 8.83. The number of benzene rings is 1. The van der Waals surface area contributed by atoms with Crippen LogP contribution in [0.2, 0.25) is 5.02 Å². The Labute approximate surface area is 96.6 Å². The van der Waals surface area contributed by atoms with Crippen LogP contribution in [0, 0.1) is 6.92 Å². The van der Waals surface area contributed by atoms with Gasteiger partial charge in [-0.15, -0.1) is 0 Å². The van der Waals surface area contributed by atoms with E-state index in [0.29, 0.717) is 21.8 Å². The maximum atomic E-state index is 12.0. The fourth-order valence-corrected chi connectivity index (χ4v) is 1.86. The lowest BCUT2D eigenvalue weighted by Crippen LogP contribution is -2.15. The number of hydrogen-bond donors (Lipinski definition) is 0. The summed E-state index contributed by atoms with van der Waals surface area (Å²) in [5.41, 5.74) is 0.209. The highest BCUT2D eigenvalue weighted by Gasteiger charge is 2.14. The Morgan fingerprint density at radius 3 is 2.69 bits per heavy atom. The van der Waals surface area contributed by atoms with Crippen LogP contribution in [0.5, 0.6) is 0 Å². The van der Waals surface area contributed by atoms with Crippen LogP contribution in [0.4, 0.5) is 0 Å². The van der Waals surface area contributed by atoms with Crippen LogP contribution in [0.3, 0.4) is 0 Å². The largest absolute Gasteiger partial charge is 0.460 e. The molecule has 1 heterocycles. The Morgan fingerprint density at radius 1 is 1.38 bits per heavy atom. The molecular formula is C12H9ClO3. The molecule has 0 aliphatic carbocycles. The minimum Gasteiger partial charge on any atom is -0.460 e. The van der Waals surface area contributed by atoms with Gasteiger partial charge in [-0.2, -0.15) is 0 Å². The third-order valence-corrected chi connectivity index (χ3v) is 2.62. The van der Waals surface area contributed by atoms with Gasteiger partial charge in [-0.05, 0) is 32.0 Å². The number of carbonyl (C=O) groups is 1. The predicted molar refractivity (Wildman–Crippen MR) is 62.2 cm³/mol. The van der Waals surface area contributed by atoms with Gasteiger partial charge < -0.3 is 4.42 Å². The number of carbonyl (C=O) groups excluding carboxylic acids is 1. The molecule has 0 spiro atoms. The molecule has 2 aromatic rings. The smallest absolute Gasteiger partial charge is 0.203 e. The van der Waals surface area contributed by atoms with Gasteiger partial charge in [-0.3, -0.25) is 9.59 Å². The van der Waals surface area contributed by atoms with Gasteiger partial charge in [0.25, 0.3) is 0 Å². The molecule has 0 saturated heterocycles. The van der Waals surface area contributed by atoms with Crippen molar-refractivity contribution in [2.24, 2.45) is 0 Å². The van der Waals surface area contributed by atoms with Crippen molar-refractivity contribution in [3.05, 3.63) is 44.8 Å². The molecule has 0 N–H and O–H groups in total. The molecule has 0 saturated carbocycles. The number of aryl methyl sites for hydroxylation is 1. The molecular weight excluding hydrogens is 228 g/mol. The fourth-order valence-electron chi connectivity index (χ4n) is 1.69. The average molecular weight is 237 g/mol. The van der Waals surface area contributed by atoms with E-state index in [9.17, 15) is 9.59 Å². The number of Topliss-reactive ketones (excluding diaryl/α,β-unsaturated/α-hetero) is 1. The highest BCUT2D eigenvalue weighted by Crippen LogP contribution is 2.19. The minimum absolute atomic E-state index is 0.0924. The van der Waals surface area contributed by atoms with Gasteiger partial charge >= 0.3 is 0 Å². The van der Waals surface area contributed by atoms with Crippen molar-refractivity contribution < 1.29 is 9.21 Å². The third kappa shape index (κ3) is 1.63. The van der Waals surface area contributed by atoms with Crippen LogP contribution in [0.25, 0.3) is 11.0 Å². The first-order valence-electron chi connectivity index (χ1n) is 4.74. The van der Waals surface area contributed by atoms with Gasteiger partial charge in [0.05, 0.1) is 5.39 Å². The lowest BCUT2D eigenvalue weighted by molar-refractivity contribution is 0.101. The monoisotopic (exact) mass is 236 g/mol. The van der Waals surface area contributed by atoms with Crippen molar-refractivity contribution >= 4 is 28.4 Å². The third-order valence-electron chi connectivity index (χ3n) is 2.38. The number of rotatable bonds is 1. The van der Waals surface area contributed by atoms with Gasteiger partial charge in [-0.25, -0.2) is 0 Å². The maximum Gasteiger partial charge on any atom is 0.203 e. The summed E-state index contributed by atoms with van der Waals surface area (Å²) in [6, 6.07) is 4.77. The second kappa shape index (κ2) is 3.76. The highest BCUT2D eigenvalue weighted by molar-refractivity contribution is 6.31. The zero-order valence-corrected chi connectivity index (χ0v) is 9.59. The van der Waals surface area contributed by atoms with E-state index in [4.69, 9.17) is 16.0 Å². The lowest BCUT2D eigenvalue weighted by Gasteiger charge is -2.03. The molecule has 0 aliphatic rings. The Hall–Kier alpha value is -1.61. The van der Waals surface area contributed by atoms with Crippen LogP contribution >= 0.6 is 11.6 Å². The van der Waals surface area contributed by atoms with E-state index in [0.717, 1.165) is 0 Å². The quantitative estimate of drug-likeness (QED) is 0.715. The van der Waals surface area contributed by atoms with Crippen molar-refractivity contribution in [2.75, 3.05) is 0 Å². The van der Waals surface area contributed by atoms with E-state index < -0.39 is 0 Å². The normalized spacial score (nSPS) is 10.7. The Kier molecular flexibility index (Phi) is 2.56. The highest BCUT2D eigenvalue weighted by atomic mass is 35.5. The molecule has 16 heavy (non-hydrogen) atoms. The van der Waals surface area contributed by atoms with Crippen molar-refractivity contribution in [1.82, 2.24) is 0 Å². The molecule has 0 atom stereocenters. The summed E-state index contributed by atoms with van der Waals surface area (Å²) in [4.78, 5) is 23.3.